The van der Waals surface area contributed by atoms with E-state index in [1.54, 1.807) is 6.92 Å². The van der Waals surface area contributed by atoms with Gasteiger partial charge in [0.1, 0.15) is 0 Å². The highest BCUT2D eigenvalue weighted by Gasteiger charge is 1.92. The smallest absolute Gasteiger partial charge is 0.0964 e. The van der Waals surface area contributed by atoms with Crippen LogP contribution in [-0.2, 0) is 6.42 Å². The number of aliphatic hydroxyl groups is 1. The van der Waals surface area contributed by atoms with Crippen LogP contribution in [-0.4, -0.2) is 17.5 Å². The molecular weight excluding hydrogens is 164 g/mol. The van der Waals surface area contributed by atoms with E-state index in [0.29, 0.717) is 12.3 Å². The van der Waals surface area contributed by atoms with Crippen LogP contribution in [0.4, 0.5) is 5.69 Å². The number of nitrogens with zero attached hydrogens (tertiary/aromatic N) is 1. The van der Waals surface area contributed by atoms with Crippen molar-refractivity contribution in [2.45, 2.75) is 13.3 Å². The van der Waals surface area contributed by atoms with Gasteiger partial charge in [-0.2, -0.15) is 0 Å². The Labute approximate surface area is 77.9 Å². The van der Waals surface area contributed by atoms with E-state index in [4.69, 9.17) is 10.8 Å². The quantitative estimate of drug-likeness (QED) is 0.540. The normalized spacial score (nSPS) is 11.7. The maximum atomic E-state index is 8.69. The fourth-order valence-corrected chi connectivity index (χ4v) is 1.07. The number of hydrogen-bond donors (Lipinski definition) is 2. The fourth-order valence-electron chi connectivity index (χ4n) is 1.07. The van der Waals surface area contributed by atoms with Gasteiger partial charge in [0.15, 0.2) is 0 Å². The number of rotatable bonds is 3. The summed E-state index contributed by atoms with van der Waals surface area (Å²) in [6, 6.07) is 7.67. The largest absolute Gasteiger partial charge is 0.396 e. The van der Waals surface area contributed by atoms with Crippen molar-refractivity contribution in [3.8, 4) is 0 Å². The van der Waals surface area contributed by atoms with Gasteiger partial charge in [-0.05, 0) is 31.0 Å². The first-order valence-electron chi connectivity index (χ1n) is 4.23. The van der Waals surface area contributed by atoms with Crippen molar-refractivity contribution in [1.29, 1.82) is 0 Å². The highest BCUT2D eigenvalue weighted by atomic mass is 16.2. The van der Waals surface area contributed by atoms with Gasteiger partial charge in [-0.15, -0.1) is 0 Å². The van der Waals surface area contributed by atoms with Gasteiger partial charge in [-0.25, -0.2) is 4.99 Å². The lowest BCUT2D eigenvalue weighted by molar-refractivity contribution is 0.299. The molecule has 0 aliphatic carbocycles. The molecule has 0 atom stereocenters. The number of nitrogens with two attached hydrogens (primary N) is 1. The van der Waals surface area contributed by atoms with Crippen LogP contribution in [0.15, 0.2) is 29.3 Å². The maximum Gasteiger partial charge on any atom is 0.0964 e. The maximum absolute atomic E-state index is 8.69. The van der Waals surface area contributed by atoms with Gasteiger partial charge in [0.2, 0.25) is 0 Å². The lowest BCUT2D eigenvalue weighted by atomic mass is 10.1. The topological polar surface area (TPSA) is 58.6 Å². The predicted molar refractivity (Wildman–Crippen MR) is 54.2 cm³/mol. The summed E-state index contributed by atoms with van der Waals surface area (Å²) in [5, 5.41) is 8.69. The Balaban J connectivity index is 2.75. The monoisotopic (exact) mass is 178 g/mol. The molecular formula is C10H14N2O. The Hall–Kier alpha value is -1.35. The van der Waals surface area contributed by atoms with Crippen LogP contribution in [0.1, 0.15) is 12.5 Å². The van der Waals surface area contributed by atoms with E-state index in [1.165, 1.54) is 0 Å². The molecule has 0 spiro atoms. The molecule has 13 heavy (non-hydrogen) atoms. The third kappa shape index (κ3) is 3.25. The minimum atomic E-state index is 0.179. The van der Waals surface area contributed by atoms with Crippen LogP contribution < -0.4 is 5.73 Å². The molecule has 0 aliphatic rings. The second kappa shape index (κ2) is 4.62. The predicted octanol–water partition coefficient (Wildman–Crippen LogP) is 1.23. The number of benzene rings is 1. The molecule has 1 rings (SSSR count). The number of aliphatic imine (C=N–C) groups is 1. The molecule has 3 N–H and O–H groups in total. The number of amidine groups is 1. The Bertz CT molecular complexity index is 286. The van der Waals surface area contributed by atoms with Gasteiger partial charge in [-0.3, -0.25) is 0 Å². The van der Waals surface area contributed by atoms with Crippen molar-refractivity contribution in [2.24, 2.45) is 10.7 Å². The van der Waals surface area contributed by atoms with Crippen molar-refractivity contribution in [3.05, 3.63) is 29.8 Å². The van der Waals surface area contributed by atoms with E-state index in [9.17, 15) is 0 Å². The van der Waals surface area contributed by atoms with Crippen LogP contribution in [0, 0.1) is 0 Å². The summed E-state index contributed by atoms with van der Waals surface area (Å²) in [5.74, 6) is 0.551. The van der Waals surface area contributed by atoms with Crippen LogP contribution in [0.3, 0.4) is 0 Å². The standard InChI is InChI=1S/C10H14N2O/c1-8(11)12-10-4-2-9(3-5-10)6-7-13/h2-5,13H,6-7H2,1H3,(H2,11,12). The van der Waals surface area contributed by atoms with Crippen LogP contribution in [0.2, 0.25) is 0 Å². The second-order valence-corrected chi connectivity index (χ2v) is 2.89. The average Bonchev–Trinajstić information content (AvgIpc) is 2.08. The molecule has 0 saturated heterocycles. The Morgan fingerprint density at radius 2 is 2.00 bits per heavy atom. The van der Waals surface area contributed by atoms with Crippen molar-refractivity contribution < 1.29 is 5.11 Å². The summed E-state index contributed by atoms with van der Waals surface area (Å²) in [6.07, 6.45) is 0.686. The first-order valence-corrected chi connectivity index (χ1v) is 4.23. The molecule has 0 unspecified atom stereocenters. The van der Waals surface area contributed by atoms with Gasteiger partial charge >= 0.3 is 0 Å². The van der Waals surface area contributed by atoms with Gasteiger partial charge in [-0.1, -0.05) is 12.1 Å². The highest BCUT2D eigenvalue weighted by molar-refractivity contribution is 5.80. The first kappa shape index (κ1) is 9.74. The minimum absolute atomic E-state index is 0.179. The van der Waals surface area contributed by atoms with E-state index in [2.05, 4.69) is 4.99 Å². The molecule has 3 nitrogen and oxygen atoms in total. The van der Waals surface area contributed by atoms with E-state index < -0.39 is 0 Å². The number of aliphatic hydroxyl groups excluding tert-OH is 1. The Kier molecular flexibility index (Phi) is 3.46. The highest BCUT2D eigenvalue weighted by Crippen LogP contribution is 2.12. The molecule has 0 aliphatic heterocycles. The van der Waals surface area contributed by atoms with Crippen molar-refractivity contribution in [2.75, 3.05) is 6.61 Å². The van der Waals surface area contributed by atoms with Gasteiger partial charge in [0.05, 0.1) is 11.5 Å². The van der Waals surface area contributed by atoms with E-state index >= 15 is 0 Å². The fraction of sp³-hybridized carbons (Fsp3) is 0.300. The molecule has 0 fully saturated rings. The number of hydrogen-bond acceptors (Lipinski definition) is 2. The average molecular weight is 178 g/mol. The van der Waals surface area contributed by atoms with Crippen molar-refractivity contribution in [3.63, 3.8) is 0 Å². The van der Waals surface area contributed by atoms with E-state index in [0.717, 1.165) is 11.3 Å². The molecule has 0 bridgehead atoms. The van der Waals surface area contributed by atoms with Gasteiger partial charge in [0, 0.05) is 6.61 Å². The molecule has 0 saturated carbocycles. The summed E-state index contributed by atoms with van der Waals surface area (Å²) in [6.45, 7) is 1.93. The summed E-state index contributed by atoms with van der Waals surface area (Å²) in [4.78, 5) is 4.09. The SMILES string of the molecule is CC(N)=Nc1ccc(CCO)cc1. The lowest BCUT2D eigenvalue weighted by Gasteiger charge is -1.98. The molecule has 3 heteroatoms. The molecule has 0 aromatic heterocycles. The van der Waals surface area contributed by atoms with Gasteiger partial charge in [0.25, 0.3) is 0 Å². The molecule has 0 heterocycles. The van der Waals surface area contributed by atoms with E-state index in [1.807, 2.05) is 24.3 Å². The zero-order chi connectivity index (χ0) is 9.68. The lowest BCUT2D eigenvalue weighted by Crippen LogP contribution is -2.03. The van der Waals surface area contributed by atoms with E-state index in [-0.39, 0.29) is 6.61 Å². The van der Waals surface area contributed by atoms with Crippen LogP contribution in [0.5, 0.6) is 0 Å². The van der Waals surface area contributed by atoms with Crippen molar-refractivity contribution in [1.82, 2.24) is 0 Å². The summed E-state index contributed by atoms with van der Waals surface area (Å²) in [7, 11) is 0. The zero-order valence-corrected chi connectivity index (χ0v) is 7.70. The molecule has 0 radical (unpaired) electrons. The first-order chi connectivity index (χ1) is 6.22. The third-order valence-electron chi connectivity index (χ3n) is 1.64. The third-order valence-corrected chi connectivity index (χ3v) is 1.64. The Morgan fingerprint density at radius 3 is 2.46 bits per heavy atom. The summed E-state index contributed by atoms with van der Waals surface area (Å²) in [5.41, 5.74) is 7.39. The molecule has 70 valence electrons. The molecule has 1 aromatic carbocycles. The van der Waals surface area contributed by atoms with Crippen molar-refractivity contribution >= 4 is 11.5 Å². The van der Waals surface area contributed by atoms with Crippen LogP contribution in [0.25, 0.3) is 0 Å². The van der Waals surface area contributed by atoms with Crippen LogP contribution >= 0.6 is 0 Å². The Morgan fingerprint density at radius 1 is 1.38 bits per heavy atom. The molecule has 0 amide bonds. The summed E-state index contributed by atoms with van der Waals surface area (Å²) >= 11 is 0. The second-order valence-electron chi connectivity index (χ2n) is 2.89. The zero-order valence-electron chi connectivity index (χ0n) is 7.70. The summed E-state index contributed by atoms with van der Waals surface area (Å²) < 4.78 is 0. The van der Waals surface area contributed by atoms with Gasteiger partial charge < -0.3 is 10.8 Å². The minimum Gasteiger partial charge on any atom is -0.396 e. The molecule has 1 aromatic rings.